The summed E-state index contributed by atoms with van der Waals surface area (Å²) in [6.07, 6.45) is 2.37. The summed E-state index contributed by atoms with van der Waals surface area (Å²) in [6, 6.07) is 13.6. The molecule has 0 spiro atoms. The van der Waals surface area contributed by atoms with E-state index in [4.69, 9.17) is 4.42 Å². The Morgan fingerprint density at radius 1 is 1.25 bits per heavy atom. The zero-order valence-corrected chi connectivity index (χ0v) is 14.5. The van der Waals surface area contributed by atoms with E-state index >= 15 is 0 Å². The maximum atomic E-state index is 12.4. The highest BCUT2D eigenvalue weighted by Gasteiger charge is 2.35. The van der Waals surface area contributed by atoms with E-state index in [0.717, 1.165) is 23.5 Å². The number of furan rings is 1. The molecule has 1 aliphatic heterocycles. The van der Waals surface area contributed by atoms with Crippen LogP contribution in [0.3, 0.4) is 0 Å². The van der Waals surface area contributed by atoms with E-state index in [0.29, 0.717) is 11.7 Å². The van der Waals surface area contributed by atoms with Gasteiger partial charge in [-0.05, 0) is 31.0 Å². The molecule has 1 aromatic carbocycles. The number of thioether (sulfide) groups is 1. The minimum Gasteiger partial charge on any atom is -0.467 e. The van der Waals surface area contributed by atoms with Crippen molar-refractivity contribution in [2.45, 2.75) is 32.1 Å². The Bertz CT molecular complexity index is 754. The van der Waals surface area contributed by atoms with Crippen LogP contribution in [0.4, 0.5) is 0 Å². The number of nitrogens with zero attached hydrogens (tertiary/aromatic N) is 3. The molecular formula is C18H19N3O2S. The van der Waals surface area contributed by atoms with E-state index in [-0.39, 0.29) is 11.2 Å². The van der Waals surface area contributed by atoms with Crippen LogP contribution >= 0.6 is 11.8 Å². The highest BCUT2D eigenvalue weighted by atomic mass is 32.2. The fourth-order valence-corrected chi connectivity index (χ4v) is 3.35. The minimum atomic E-state index is -0.157. The average molecular weight is 341 g/mol. The molecule has 1 fully saturated rings. The lowest BCUT2D eigenvalue weighted by Gasteiger charge is -2.13. The predicted octanol–water partition coefficient (Wildman–Crippen LogP) is 3.91. The Morgan fingerprint density at radius 2 is 2.04 bits per heavy atom. The number of amides is 1. The highest BCUT2D eigenvalue weighted by molar-refractivity contribution is 8.15. The van der Waals surface area contributed by atoms with Crippen molar-refractivity contribution in [2.24, 2.45) is 10.2 Å². The Balaban J connectivity index is 1.86. The van der Waals surface area contributed by atoms with Gasteiger partial charge >= 0.3 is 0 Å². The first-order chi connectivity index (χ1) is 11.7. The van der Waals surface area contributed by atoms with Crippen molar-refractivity contribution in [1.29, 1.82) is 0 Å². The number of hydrogen-bond acceptors (Lipinski definition) is 5. The van der Waals surface area contributed by atoms with Crippen LogP contribution in [0, 0.1) is 0 Å². The summed E-state index contributed by atoms with van der Waals surface area (Å²) in [5.41, 5.74) is 1.94. The van der Waals surface area contributed by atoms with Crippen LogP contribution in [0.15, 0.2) is 63.3 Å². The van der Waals surface area contributed by atoms with Crippen molar-refractivity contribution >= 4 is 28.5 Å². The molecule has 1 amide bonds. The van der Waals surface area contributed by atoms with Crippen molar-refractivity contribution < 1.29 is 9.21 Å². The van der Waals surface area contributed by atoms with Crippen LogP contribution in [0.2, 0.25) is 0 Å². The standard InChI is InChI=1S/C18H19N3O2S/c1-3-16(14-8-5-4-6-9-14)19-20-18-21(17(22)13(2)24-18)12-15-10-7-11-23-15/h4-11,13H,3,12H2,1-2H3/b19-16+,20-18+. The Hall–Kier alpha value is -2.34. The number of rotatable bonds is 5. The minimum absolute atomic E-state index is 0.0307. The third kappa shape index (κ3) is 3.59. The van der Waals surface area contributed by atoms with Gasteiger partial charge in [0.05, 0.1) is 23.8 Å². The maximum Gasteiger partial charge on any atom is 0.242 e. The topological polar surface area (TPSA) is 58.2 Å². The first-order valence-corrected chi connectivity index (χ1v) is 8.77. The van der Waals surface area contributed by atoms with Crippen LogP contribution in [0.1, 0.15) is 31.6 Å². The van der Waals surface area contributed by atoms with E-state index in [1.165, 1.54) is 11.8 Å². The third-order valence-corrected chi connectivity index (χ3v) is 4.79. The number of benzene rings is 1. The maximum absolute atomic E-state index is 12.4. The lowest BCUT2D eigenvalue weighted by molar-refractivity contribution is -0.126. The normalized spacial score (nSPS) is 20.2. The van der Waals surface area contributed by atoms with E-state index in [9.17, 15) is 4.79 Å². The van der Waals surface area contributed by atoms with E-state index < -0.39 is 0 Å². The van der Waals surface area contributed by atoms with Gasteiger partial charge in [0, 0.05) is 0 Å². The van der Waals surface area contributed by atoms with Gasteiger partial charge in [-0.2, -0.15) is 5.10 Å². The number of amidine groups is 1. The summed E-state index contributed by atoms with van der Waals surface area (Å²) in [5, 5.41) is 9.23. The molecule has 6 heteroatoms. The van der Waals surface area contributed by atoms with Gasteiger partial charge in [0.2, 0.25) is 5.91 Å². The van der Waals surface area contributed by atoms with Gasteiger partial charge in [0.1, 0.15) is 5.76 Å². The summed E-state index contributed by atoms with van der Waals surface area (Å²) in [4.78, 5) is 14.0. The molecule has 1 aliphatic rings. The van der Waals surface area contributed by atoms with Gasteiger partial charge in [-0.15, -0.1) is 5.10 Å². The second-order valence-corrected chi connectivity index (χ2v) is 6.72. The molecule has 24 heavy (non-hydrogen) atoms. The lowest BCUT2D eigenvalue weighted by Crippen LogP contribution is -2.30. The highest BCUT2D eigenvalue weighted by Crippen LogP contribution is 2.28. The number of carbonyl (C=O) groups excluding carboxylic acids is 1. The van der Waals surface area contributed by atoms with Crippen LogP contribution in [-0.4, -0.2) is 26.9 Å². The molecule has 124 valence electrons. The molecule has 1 saturated heterocycles. The zero-order chi connectivity index (χ0) is 16.9. The van der Waals surface area contributed by atoms with Crippen molar-refractivity contribution in [3.05, 3.63) is 60.1 Å². The molecular weight excluding hydrogens is 322 g/mol. The largest absolute Gasteiger partial charge is 0.467 e. The molecule has 0 aliphatic carbocycles. The SMILES string of the molecule is CC/C(=N\N=C1\SC(C)C(=O)N1Cc1ccco1)c1ccccc1. The van der Waals surface area contributed by atoms with E-state index in [1.807, 2.05) is 56.3 Å². The summed E-state index contributed by atoms with van der Waals surface area (Å²) < 4.78 is 5.35. The molecule has 0 bridgehead atoms. The van der Waals surface area contributed by atoms with Gasteiger partial charge in [0.25, 0.3) is 0 Å². The molecule has 2 aromatic rings. The van der Waals surface area contributed by atoms with E-state index in [1.54, 1.807) is 11.2 Å². The second kappa shape index (κ2) is 7.49. The molecule has 1 aromatic heterocycles. The molecule has 0 radical (unpaired) electrons. The molecule has 2 heterocycles. The third-order valence-electron chi connectivity index (χ3n) is 3.72. The monoisotopic (exact) mass is 341 g/mol. The van der Waals surface area contributed by atoms with E-state index in [2.05, 4.69) is 10.2 Å². The van der Waals surface area contributed by atoms with Crippen LogP contribution in [0.25, 0.3) is 0 Å². The van der Waals surface area contributed by atoms with Gasteiger partial charge in [0.15, 0.2) is 5.17 Å². The van der Waals surface area contributed by atoms with Gasteiger partial charge in [-0.25, -0.2) is 0 Å². The van der Waals surface area contributed by atoms with Crippen molar-refractivity contribution in [1.82, 2.24) is 4.90 Å². The number of carbonyl (C=O) groups is 1. The molecule has 3 rings (SSSR count). The zero-order valence-electron chi connectivity index (χ0n) is 13.7. The second-order valence-electron chi connectivity index (χ2n) is 5.41. The smallest absolute Gasteiger partial charge is 0.242 e. The summed E-state index contributed by atoms with van der Waals surface area (Å²) >= 11 is 1.43. The van der Waals surface area contributed by atoms with Crippen LogP contribution in [0.5, 0.6) is 0 Å². The predicted molar refractivity (Wildman–Crippen MR) is 97.0 cm³/mol. The molecule has 1 atom stereocenters. The molecule has 5 nitrogen and oxygen atoms in total. The Morgan fingerprint density at radius 3 is 2.71 bits per heavy atom. The fraction of sp³-hybridized carbons (Fsp3) is 0.278. The first kappa shape index (κ1) is 16.5. The summed E-state index contributed by atoms with van der Waals surface area (Å²) in [6.45, 7) is 4.30. The quantitative estimate of drug-likeness (QED) is 0.612. The Kier molecular flexibility index (Phi) is 5.15. The fourth-order valence-electron chi connectivity index (χ4n) is 2.43. The Labute approximate surface area is 145 Å². The van der Waals surface area contributed by atoms with Crippen molar-refractivity contribution in [3.8, 4) is 0 Å². The number of hydrogen-bond donors (Lipinski definition) is 0. The van der Waals surface area contributed by atoms with Gasteiger partial charge in [-0.1, -0.05) is 49.0 Å². The lowest BCUT2D eigenvalue weighted by atomic mass is 10.1. The van der Waals surface area contributed by atoms with Gasteiger partial charge in [-0.3, -0.25) is 9.69 Å². The first-order valence-electron chi connectivity index (χ1n) is 7.89. The summed E-state index contributed by atoms with van der Waals surface area (Å²) in [5.74, 6) is 0.761. The molecule has 0 saturated carbocycles. The summed E-state index contributed by atoms with van der Waals surface area (Å²) in [7, 11) is 0. The molecule has 1 unspecified atom stereocenters. The van der Waals surface area contributed by atoms with Crippen molar-refractivity contribution in [3.63, 3.8) is 0 Å². The average Bonchev–Trinajstić information content (AvgIpc) is 3.21. The van der Waals surface area contributed by atoms with Gasteiger partial charge < -0.3 is 4.42 Å². The molecule has 0 N–H and O–H groups in total. The van der Waals surface area contributed by atoms with Crippen molar-refractivity contribution in [2.75, 3.05) is 0 Å². The van der Waals surface area contributed by atoms with Crippen LogP contribution in [-0.2, 0) is 11.3 Å². The van der Waals surface area contributed by atoms with Crippen LogP contribution < -0.4 is 0 Å².